The van der Waals surface area contributed by atoms with E-state index in [1.54, 1.807) is 0 Å². The molecule has 0 saturated carbocycles. The van der Waals surface area contributed by atoms with Gasteiger partial charge in [-0.05, 0) is 5.56 Å². The summed E-state index contributed by atoms with van der Waals surface area (Å²) in [4.78, 5) is 0. The second-order valence-corrected chi connectivity index (χ2v) is 9.91. The molecular weight excluding hydrogens is 212 g/mol. The summed E-state index contributed by atoms with van der Waals surface area (Å²) >= 11 is 5.65. The van der Waals surface area contributed by atoms with Gasteiger partial charge in [0.05, 0.1) is 13.8 Å². The molecule has 0 amide bonds. The molecule has 1 aromatic rings. The van der Waals surface area contributed by atoms with Crippen molar-refractivity contribution < 1.29 is 4.74 Å². The standard InChI is InChI=1S/C11H17ClOSi/c1-14(2,3)11(13-9-12)10-7-5-4-6-8-10/h4-8,11H,9H2,1-3H3. The average molecular weight is 229 g/mol. The second-order valence-electron chi connectivity index (χ2n) is 4.43. The minimum Gasteiger partial charge on any atom is -0.361 e. The zero-order valence-corrected chi connectivity index (χ0v) is 10.7. The number of halogens is 1. The number of ether oxygens (including phenoxy) is 1. The van der Waals surface area contributed by atoms with Crippen LogP contribution in [0.3, 0.4) is 0 Å². The molecule has 14 heavy (non-hydrogen) atoms. The van der Waals surface area contributed by atoms with Crippen LogP contribution in [0, 0.1) is 0 Å². The summed E-state index contributed by atoms with van der Waals surface area (Å²) in [6, 6.07) is 10.6. The highest BCUT2D eigenvalue weighted by molar-refractivity contribution is 6.77. The van der Waals surface area contributed by atoms with Crippen LogP contribution < -0.4 is 0 Å². The lowest BCUT2D eigenvalue weighted by atomic mass is 10.2. The van der Waals surface area contributed by atoms with E-state index in [1.165, 1.54) is 5.56 Å². The van der Waals surface area contributed by atoms with E-state index in [2.05, 4.69) is 31.8 Å². The van der Waals surface area contributed by atoms with Crippen LogP contribution in [0.5, 0.6) is 0 Å². The van der Waals surface area contributed by atoms with Crippen molar-refractivity contribution >= 4 is 19.7 Å². The maximum absolute atomic E-state index is 5.65. The van der Waals surface area contributed by atoms with Gasteiger partial charge in [0.1, 0.15) is 6.07 Å². The van der Waals surface area contributed by atoms with Gasteiger partial charge < -0.3 is 4.74 Å². The Hall–Kier alpha value is -0.313. The molecule has 1 rings (SSSR count). The fraction of sp³-hybridized carbons (Fsp3) is 0.455. The van der Waals surface area contributed by atoms with Gasteiger partial charge in [-0.15, -0.1) is 0 Å². The summed E-state index contributed by atoms with van der Waals surface area (Å²) < 4.78 is 5.62. The maximum atomic E-state index is 5.65. The Kier molecular flexibility index (Phi) is 4.17. The number of benzene rings is 1. The van der Waals surface area contributed by atoms with Gasteiger partial charge in [-0.25, -0.2) is 0 Å². The van der Waals surface area contributed by atoms with Crippen molar-refractivity contribution in [2.24, 2.45) is 0 Å². The Labute approximate surface area is 92.1 Å². The zero-order valence-electron chi connectivity index (χ0n) is 8.96. The molecule has 1 aromatic carbocycles. The predicted molar refractivity (Wildman–Crippen MR) is 64.3 cm³/mol. The van der Waals surface area contributed by atoms with E-state index in [0.29, 0.717) is 0 Å². The topological polar surface area (TPSA) is 9.23 Å². The average Bonchev–Trinajstić information content (AvgIpc) is 2.14. The van der Waals surface area contributed by atoms with E-state index in [4.69, 9.17) is 16.3 Å². The first-order valence-corrected chi connectivity index (χ1v) is 8.89. The van der Waals surface area contributed by atoms with Crippen LogP contribution in [0.15, 0.2) is 30.3 Å². The first-order chi connectivity index (χ1) is 6.55. The largest absolute Gasteiger partial charge is 0.361 e. The van der Waals surface area contributed by atoms with E-state index in [-0.39, 0.29) is 11.8 Å². The molecule has 1 nitrogen and oxygen atoms in total. The van der Waals surface area contributed by atoms with Crippen LogP contribution >= 0.6 is 11.6 Å². The van der Waals surface area contributed by atoms with Crippen LogP contribution in [0.1, 0.15) is 11.3 Å². The van der Waals surface area contributed by atoms with Crippen molar-refractivity contribution in [3.8, 4) is 0 Å². The van der Waals surface area contributed by atoms with Gasteiger partial charge in [-0.1, -0.05) is 61.6 Å². The minimum absolute atomic E-state index is 0.196. The fourth-order valence-corrected chi connectivity index (χ4v) is 3.54. The van der Waals surface area contributed by atoms with Crippen LogP contribution in [0.4, 0.5) is 0 Å². The number of rotatable bonds is 4. The van der Waals surface area contributed by atoms with E-state index < -0.39 is 8.07 Å². The monoisotopic (exact) mass is 228 g/mol. The molecular formula is C11H17ClOSi. The molecule has 0 bridgehead atoms. The van der Waals surface area contributed by atoms with Crippen LogP contribution in [0.25, 0.3) is 0 Å². The predicted octanol–water partition coefficient (Wildman–Crippen LogP) is 3.82. The molecule has 0 spiro atoms. The molecule has 0 N–H and O–H groups in total. The molecule has 1 unspecified atom stereocenters. The summed E-state index contributed by atoms with van der Waals surface area (Å²) in [5, 5.41) is 0. The maximum Gasteiger partial charge on any atom is 0.121 e. The third kappa shape index (κ3) is 3.12. The Morgan fingerprint density at radius 2 is 1.79 bits per heavy atom. The van der Waals surface area contributed by atoms with Crippen LogP contribution in [-0.4, -0.2) is 14.1 Å². The van der Waals surface area contributed by atoms with Crippen molar-refractivity contribution in [1.82, 2.24) is 0 Å². The second kappa shape index (κ2) is 4.96. The van der Waals surface area contributed by atoms with Gasteiger partial charge in [0.2, 0.25) is 0 Å². The normalized spacial score (nSPS) is 14.0. The summed E-state index contributed by atoms with van der Waals surface area (Å²) in [5.74, 6) is 0. The van der Waals surface area contributed by atoms with Crippen molar-refractivity contribution in [2.75, 3.05) is 6.07 Å². The lowest BCUT2D eigenvalue weighted by Gasteiger charge is -2.28. The molecule has 0 aliphatic rings. The van der Waals surface area contributed by atoms with E-state index in [1.807, 2.05) is 18.2 Å². The van der Waals surface area contributed by atoms with E-state index >= 15 is 0 Å². The van der Waals surface area contributed by atoms with E-state index in [0.717, 1.165) is 0 Å². The third-order valence-corrected chi connectivity index (χ3v) is 4.32. The molecule has 0 fully saturated rings. The summed E-state index contributed by atoms with van der Waals surface area (Å²) in [7, 11) is -1.36. The van der Waals surface area contributed by atoms with E-state index in [9.17, 15) is 0 Å². The summed E-state index contributed by atoms with van der Waals surface area (Å²) in [5.41, 5.74) is 1.44. The summed E-state index contributed by atoms with van der Waals surface area (Å²) in [6.07, 6.45) is 0. The Balaban J connectivity index is 2.89. The molecule has 0 aliphatic heterocycles. The van der Waals surface area contributed by atoms with Gasteiger partial charge in [-0.2, -0.15) is 0 Å². The number of alkyl halides is 1. The number of hydrogen-bond acceptors (Lipinski definition) is 1. The molecule has 1 atom stereocenters. The van der Waals surface area contributed by atoms with Gasteiger partial charge in [0.15, 0.2) is 0 Å². The fourth-order valence-electron chi connectivity index (χ4n) is 1.54. The Morgan fingerprint density at radius 3 is 2.21 bits per heavy atom. The molecule has 0 aromatic heterocycles. The Morgan fingerprint density at radius 1 is 1.21 bits per heavy atom. The van der Waals surface area contributed by atoms with Crippen molar-refractivity contribution in [3.63, 3.8) is 0 Å². The first kappa shape index (κ1) is 11.8. The van der Waals surface area contributed by atoms with Crippen LogP contribution in [-0.2, 0) is 4.74 Å². The SMILES string of the molecule is C[Si](C)(C)C(OCCl)c1ccccc1. The third-order valence-electron chi connectivity index (χ3n) is 2.12. The smallest absolute Gasteiger partial charge is 0.121 e. The quantitative estimate of drug-likeness (QED) is 0.563. The molecule has 0 saturated heterocycles. The van der Waals surface area contributed by atoms with Crippen molar-refractivity contribution in [2.45, 2.75) is 25.4 Å². The van der Waals surface area contributed by atoms with Gasteiger partial charge in [0.25, 0.3) is 0 Å². The number of hydrogen-bond donors (Lipinski definition) is 0. The Bertz CT molecular complexity index is 268. The molecule has 0 heterocycles. The highest BCUT2D eigenvalue weighted by Crippen LogP contribution is 2.28. The minimum atomic E-state index is -1.36. The summed E-state index contributed by atoms with van der Waals surface area (Å²) in [6.45, 7) is 6.87. The van der Waals surface area contributed by atoms with Gasteiger partial charge in [-0.3, -0.25) is 0 Å². The van der Waals surface area contributed by atoms with Crippen LogP contribution in [0.2, 0.25) is 19.6 Å². The lowest BCUT2D eigenvalue weighted by Crippen LogP contribution is -2.32. The lowest BCUT2D eigenvalue weighted by molar-refractivity contribution is 0.141. The van der Waals surface area contributed by atoms with Gasteiger partial charge in [0, 0.05) is 0 Å². The molecule has 78 valence electrons. The first-order valence-electron chi connectivity index (χ1n) is 4.78. The molecule has 0 radical (unpaired) electrons. The van der Waals surface area contributed by atoms with Crippen molar-refractivity contribution in [1.29, 1.82) is 0 Å². The van der Waals surface area contributed by atoms with Crippen molar-refractivity contribution in [3.05, 3.63) is 35.9 Å². The molecule has 3 heteroatoms. The van der Waals surface area contributed by atoms with Gasteiger partial charge >= 0.3 is 0 Å². The molecule has 0 aliphatic carbocycles. The zero-order chi connectivity index (χ0) is 10.6. The highest BCUT2D eigenvalue weighted by atomic mass is 35.5. The highest BCUT2D eigenvalue weighted by Gasteiger charge is 2.28.